The number of nitrogens with zero attached hydrogens (tertiary/aromatic N) is 1. The van der Waals surface area contributed by atoms with Crippen LogP contribution in [0.5, 0.6) is 0 Å². The first-order chi connectivity index (χ1) is 11.7. The van der Waals surface area contributed by atoms with Crippen LogP contribution in [-0.2, 0) is 16.1 Å². The summed E-state index contributed by atoms with van der Waals surface area (Å²) in [6.07, 6.45) is 0.515. The molecule has 1 aliphatic heterocycles. The molecule has 1 unspecified atom stereocenters. The van der Waals surface area contributed by atoms with Crippen molar-refractivity contribution < 1.29 is 14.3 Å². The average Bonchev–Trinajstić information content (AvgIpc) is 2.63. The number of anilines is 1. The van der Waals surface area contributed by atoms with Gasteiger partial charge in [0.2, 0.25) is 0 Å². The fourth-order valence-corrected chi connectivity index (χ4v) is 2.90. The summed E-state index contributed by atoms with van der Waals surface area (Å²) in [6, 6.07) is 17.3. The number of rotatable bonds is 5. The molecule has 1 aliphatic rings. The number of fused-ring (bicyclic) bond motifs is 1. The van der Waals surface area contributed by atoms with Crippen LogP contribution in [0, 0.1) is 0 Å². The number of hydrogen-bond donors (Lipinski definition) is 1. The Hall–Kier alpha value is -2.82. The number of carbonyl (C=O) groups is 2. The molecule has 0 saturated heterocycles. The number of amides is 1. The van der Waals surface area contributed by atoms with Crippen molar-refractivity contribution >= 4 is 17.6 Å². The standard InChI is InChI=1S/C19H20N2O3/c1-24-18(22)12-11-17-20-16-10-6-5-9-15(16)19(23)21(17)13-14-7-3-2-4-8-14/h2-10,17,20H,11-13H2,1H3. The molecule has 0 aliphatic carbocycles. The minimum atomic E-state index is -0.275. The number of esters is 1. The van der Waals surface area contributed by atoms with Crippen LogP contribution < -0.4 is 5.32 Å². The topological polar surface area (TPSA) is 58.6 Å². The highest BCUT2D eigenvalue weighted by Crippen LogP contribution is 2.28. The van der Waals surface area contributed by atoms with Crippen LogP contribution in [-0.4, -0.2) is 30.1 Å². The van der Waals surface area contributed by atoms with Crippen LogP contribution in [0.2, 0.25) is 0 Å². The Labute approximate surface area is 141 Å². The second-order valence-corrected chi connectivity index (χ2v) is 5.74. The molecule has 0 bridgehead atoms. The number of ether oxygens (including phenoxy) is 1. The molecule has 2 aromatic rings. The van der Waals surface area contributed by atoms with Crippen LogP contribution in [0.25, 0.3) is 0 Å². The molecule has 5 heteroatoms. The summed E-state index contributed by atoms with van der Waals surface area (Å²) in [5.74, 6) is -0.300. The van der Waals surface area contributed by atoms with E-state index in [0.717, 1.165) is 11.3 Å². The average molecular weight is 324 g/mol. The van der Waals surface area contributed by atoms with Gasteiger partial charge >= 0.3 is 5.97 Å². The molecule has 1 atom stereocenters. The van der Waals surface area contributed by atoms with Gasteiger partial charge in [-0.3, -0.25) is 9.59 Å². The van der Waals surface area contributed by atoms with Crippen LogP contribution in [0.4, 0.5) is 5.69 Å². The molecule has 124 valence electrons. The van der Waals surface area contributed by atoms with Gasteiger partial charge in [0.1, 0.15) is 6.17 Å². The zero-order valence-electron chi connectivity index (χ0n) is 13.6. The number of methoxy groups -OCH3 is 1. The van der Waals surface area contributed by atoms with E-state index >= 15 is 0 Å². The van der Waals surface area contributed by atoms with E-state index in [4.69, 9.17) is 4.74 Å². The largest absolute Gasteiger partial charge is 0.469 e. The Morgan fingerprint density at radius 2 is 1.83 bits per heavy atom. The summed E-state index contributed by atoms with van der Waals surface area (Å²) in [5.41, 5.74) is 2.51. The Bertz CT molecular complexity index is 730. The van der Waals surface area contributed by atoms with E-state index in [-0.39, 0.29) is 24.5 Å². The predicted octanol–water partition coefficient (Wildman–Crippen LogP) is 3.03. The van der Waals surface area contributed by atoms with E-state index < -0.39 is 0 Å². The molecule has 1 heterocycles. The molecule has 1 amide bonds. The van der Waals surface area contributed by atoms with Crippen molar-refractivity contribution in [2.75, 3.05) is 12.4 Å². The first-order valence-electron chi connectivity index (χ1n) is 7.96. The molecule has 5 nitrogen and oxygen atoms in total. The van der Waals surface area contributed by atoms with Gasteiger partial charge in [-0.25, -0.2) is 0 Å². The number of nitrogens with one attached hydrogen (secondary N) is 1. The number of benzene rings is 2. The molecule has 0 saturated carbocycles. The number of hydrogen-bond acceptors (Lipinski definition) is 4. The van der Waals surface area contributed by atoms with Gasteiger partial charge in [0.25, 0.3) is 5.91 Å². The van der Waals surface area contributed by atoms with Gasteiger partial charge in [-0.2, -0.15) is 0 Å². The van der Waals surface area contributed by atoms with Crippen LogP contribution in [0.3, 0.4) is 0 Å². The van der Waals surface area contributed by atoms with Crippen molar-refractivity contribution in [2.45, 2.75) is 25.6 Å². The highest BCUT2D eigenvalue weighted by molar-refractivity contribution is 6.01. The maximum absolute atomic E-state index is 12.9. The van der Waals surface area contributed by atoms with Gasteiger partial charge in [0.15, 0.2) is 0 Å². The quantitative estimate of drug-likeness (QED) is 0.859. The molecule has 1 N–H and O–H groups in total. The van der Waals surface area contributed by atoms with Crippen molar-refractivity contribution in [2.24, 2.45) is 0 Å². The third-order valence-corrected chi connectivity index (χ3v) is 4.16. The van der Waals surface area contributed by atoms with Crippen LogP contribution >= 0.6 is 0 Å². The fourth-order valence-electron chi connectivity index (χ4n) is 2.90. The van der Waals surface area contributed by atoms with Crippen molar-refractivity contribution in [3.63, 3.8) is 0 Å². The lowest BCUT2D eigenvalue weighted by Crippen LogP contribution is -2.48. The lowest BCUT2D eigenvalue weighted by molar-refractivity contribution is -0.140. The molecule has 24 heavy (non-hydrogen) atoms. The molecule has 2 aromatic carbocycles. The van der Waals surface area contributed by atoms with E-state index in [1.165, 1.54) is 7.11 Å². The number of para-hydroxylation sites is 1. The first kappa shape index (κ1) is 16.1. The Morgan fingerprint density at radius 1 is 1.12 bits per heavy atom. The molecule has 0 aromatic heterocycles. The highest BCUT2D eigenvalue weighted by Gasteiger charge is 2.31. The van der Waals surface area contributed by atoms with Crippen molar-refractivity contribution in [1.82, 2.24) is 4.90 Å². The van der Waals surface area contributed by atoms with Crippen molar-refractivity contribution in [3.8, 4) is 0 Å². The van der Waals surface area contributed by atoms with Crippen LogP contribution in [0.1, 0.15) is 28.8 Å². The van der Waals surface area contributed by atoms with E-state index in [1.54, 1.807) is 4.90 Å². The fraction of sp³-hybridized carbons (Fsp3) is 0.263. The smallest absolute Gasteiger partial charge is 0.305 e. The second kappa shape index (κ2) is 7.17. The van der Waals surface area contributed by atoms with Gasteiger partial charge in [-0.15, -0.1) is 0 Å². The lowest BCUT2D eigenvalue weighted by atomic mass is 10.0. The Balaban J connectivity index is 1.85. The van der Waals surface area contributed by atoms with E-state index in [9.17, 15) is 9.59 Å². The van der Waals surface area contributed by atoms with Gasteiger partial charge in [-0.1, -0.05) is 42.5 Å². The zero-order valence-corrected chi connectivity index (χ0v) is 13.6. The summed E-state index contributed by atoms with van der Waals surface area (Å²) < 4.78 is 4.72. The molecular weight excluding hydrogens is 304 g/mol. The van der Waals surface area contributed by atoms with Gasteiger partial charge in [-0.05, 0) is 24.1 Å². The summed E-state index contributed by atoms with van der Waals surface area (Å²) in [6.45, 7) is 0.493. The summed E-state index contributed by atoms with van der Waals surface area (Å²) in [4.78, 5) is 26.2. The first-order valence-corrected chi connectivity index (χ1v) is 7.96. The summed E-state index contributed by atoms with van der Waals surface area (Å²) in [7, 11) is 1.37. The normalized spacial score (nSPS) is 16.3. The van der Waals surface area contributed by atoms with Crippen molar-refractivity contribution in [3.05, 3.63) is 65.7 Å². The maximum Gasteiger partial charge on any atom is 0.305 e. The SMILES string of the molecule is COC(=O)CCC1Nc2ccccc2C(=O)N1Cc1ccccc1. The minimum absolute atomic E-state index is 0.0249. The van der Waals surface area contributed by atoms with E-state index in [2.05, 4.69) is 5.32 Å². The summed E-state index contributed by atoms with van der Waals surface area (Å²) >= 11 is 0. The molecule has 3 rings (SSSR count). The third-order valence-electron chi connectivity index (χ3n) is 4.16. The van der Waals surface area contributed by atoms with Gasteiger partial charge in [0.05, 0.1) is 12.7 Å². The molecule has 0 spiro atoms. The highest BCUT2D eigenvalue weighted by atomic mass is 16.5. The number of carbonyl (C=O) groups excluding carboxylic acids is 2. The zero-order chi connectivity index (χ0) is 16.9. The van der Waals surface area contributed by atoms with E-state index in [1.807, 2.05) is 54.6 Å². The second-order valence-electron chi connectivity index (χ2n) is 5.74. The Morgan fingerprint density at radius 3 is 2.58 bits per heavy atom. The monoisotopic (exact) mass is 324 g/mol. The summed E-state index contributed by atoms with van der Waals surface area (Å²) in [5, 5.41) is 3.37. The minimum Gasteiger partial charge on any atom is -0.469 e. The molecule has 0 radical (unpaired) electrons. The van der Waals surface area contributed by atoms with Gasteiger partial charge in [0, 0.05) is 18.7 Å². The van der Waals surface area contributed by atoms with Crippen LogP contribution in [0.15, 0.2) is 54.6 Å². The lowest BCUT2D eigenvalue weighted by Gasteiger charge is -2.38. The van der Waals surface area contributed by atoms with Gasteiger partial charge < -0.3 is 15.0 Å². The van der Waals surface area contributed by atoms with Crippen molar-refractivity contribution in [1.29, 1.82) is 0 Å². The Kier molecular flexibility index (Phi) is 4.79. The molecule has 0 fully saturated rings. The predicted molar refractivity (Wildman–Crippen MR) is 91.4 cm³/mol. The molecular formula is C19H20N2O3. The maximum atomic E-state index is 12.9. The third kappa shape index (κ3) is 3.40. The van der Waals surface area contributed by atoms with E-state index in [0.29, 0.717) is 18.5 Å².